The Labute approximate surface area is 70.9 Å². The van der Waals surface area contributed by atoms with Crippen LogP contribution in [-0.4, -0.2) is 10.9 Å². The van der Waals surface area contributed by atoms with Crippen LogP contribution in [0.25, 0.3) is 0 Å². The molecule has 4 heteroatoms. The summed E-state index contributed by atoms with van der Waals surface area (Å²) >= 11 is 0. The Morgan fingerprint density at radius 2 is 1.25 bits per heavy atom. The van der Waals surface area contributed by atoms with Crippen molar-refractivity contribution in [1.29, 1.82) is 0 Å². The molecular formula is C4H10Fe2O2. The van der Waals surface area contributed by atoms with Crippen LogP contribution in [0.5, 0.6) is 0 Å². The molecule has 0 saturated carbocycles. The molecule has 54 valence electrons. The molecule has 0 aromatic carbocycles. The zero-order valence-electron chi connectivity index (χ0n) is 5.06. The number of rotatable bonds is 0. The van der Waals surface area contributed by atoms with Crippen LogP contribution in [0.2, 0.25) is 0 Å². The zero-order valence-corrected chi connectivity index (χ0v) is 7.27. The maximum absolute atomic E-state index is 7.90. The smallest absolute Gasteiger partial charge is 0.0949 e. The minimum Gasteiger partial charge on any atom is -0.251 e. The topological polar surface area (TPSA) is 29.5 Å². The van der Waals surface area contributed by atoms with Crippen LogP contribution in [0.3, 0.4) is 0 Å². The van der Waals surface area contributed by atoms with Crippen LogP contribution in [0, 0.1) is 0 Å². The third kappa shape index (κ3) is 15.8. The van der Waals surface area contributed by atoms with Gasteiger partial charge in [-0.3, -0.25) is 5.26 Å². The van der Waals surface area contributed by atoms with Gasteiger partial charge in [0.25, 0.3) is 0 Å². The summed E-state index contributed by atoms with van der Waals surface area (Å²) in [5.41, 5.74) is -0.403. The van der Waals surface area contributed by atoms with Gasteiger partial charge in [0.1, 0.15) is 0 Å². The normalized spacial score (nSPS) is 9.00. The van der Waals surface area contributed by atoms with Gasteiger partial charge < -0.3 is 0 Å². The summed E-state index contributed by atoms with van der Waals surface area (Å²) in [7, 11) is 0. The van der Waals surface area contributed by atoms with Gasteiger partial charge in [0.2, 0.25) is 0 Å². The Kier molecular flexibility index (Phi) is 12.2. The van der Waals surface area contributed by atoms with Gasteiger partial charge in [-0.1, -0.05) is 0 Å². The van der Waals surface area contributed by atoms with E-state index < -0.39 is 5.60 Å². The Hall–Kier alpha value is 0.959. The minimum atomic E-state index is -0.403. The molecule has 0 heterocycles. The van der Waals surface area contributed by atoms with Crippen molar-refractivity contribution in [3.63, 3.8) is 0 Å². The Morgan fingerprint density at radius 1 is 1.12 bits per heavy atom. The van der Waals surface area contributed by atoms with Crippen LogP contribution < -0.4 is 0 Å². The SMILES string of the molecule is CC(C)(C)OO.[Fe].[Fe]. The van der Waals surface area contributed by atoms with Crippen LogP contribution in [0.1, 0.15) is 20.8 Å². The van der Waals surface area contributed by atoms with E-state index >= 15 is 0 Å². The standard InChI is InChI=1S/C4H10O2.2Fe/c1-4(2,3)6-5;;/h5H,1-3H3;;. The molecule has 0 aromatic heterocycles. The van der Waals surface area contributed by atoms with Crippen molar-refractivity contribution in [2.24, 2.45) is 0 Å². The molecule has 2 nitrogen and oxygen atoms in total. The largest absolute Gasteiger partial charge is 0.251 e. The van der Waals surface area contributed by atoms with E-state index in [1.807, 2.05) is 0 Å². The van der Waals surface area contributed by atoms with Gasteiger partial charge in [-0.05, 0) is 20.8 Å². The first-order valence-electron chi connectivity index (χ1n) is 1.89. The van der Waals surface area contributed by atoms with Crippen molar-refractivity contribution in [2.45, 2.75) is 26.4 Å². The van der Waals surface area contributed by atoms with E-state index in [1.165, 1.54) is 0 Å². The molecule has 0 atom stereocenters. The van der Waals surface area contributed by atoms with Gasteiger partial charge >= 0.3 is 0 Å². The monoisotopic (exact) mass is 202 g/mol. The van der Waals surface area contributed by atoms with Crippen molar-refractivity contribution in [3.05, 3.63) is 0 Å². The van der Waals surface area contributed by atoms with Crippen LogP contribution >= 0.6 is 0 Å². The summed E-state index contributed by atoms with van der Waals surface area (Å²) in [6, 6.07) is 0. The van der Waals surface area contributed by atoms with E-state index in [2.05, 4.69) is 4.89 Å². The molecule has 0 amide bonds. The van der Waals surface area contributed by atoms with Crippen LogP contribution in [-0.2, 0) is 39.0 Å². The third-order valence-electron chi connectivity index (χ3n) is 0.274. The van der Waals surface area contributed by atoms with E-state index in [9.17, 15) is 0 Å². The first-order chi connectivity index (χ1) is 2.56. The van der Waals surface area contributed by atoms with Gasteiger partial charge in [-0.2, -0.15) is 0 Å². The Morgan fingerprint density at radius 3 is 1.25 bits per heavy atom. The van der Waals surface area contributed by atoms with Crippen molar-refractivity contribution in [2.75, 3.05) is 0 Å². The predicted octanol–water partition coefficient (Wildman–Crippen LogP) is 1.27. The van der Waals surface area contributed by atoms with Crippen molar-refractivity contribution >= 4 is 0 Å². The summed E-state index contributed by atoms with van der Waals surface area (Å²) in [6.45, 7) is 5.31. The molecule has 8 heavy (non-hydrogen) atoms. The van der Waals surface area contributed by atoms with E-state index in [4.69, 9.17) is 5.26 Å². The minimum absolute atomic E-state index is 0. The van der Waals surface area contributed by atoms with Gasteiger partial charge in [0.15, 0.2) is 0 Å². The Balaban J connectivity index is -0.000000125. The second kappa shape index (κ2) is 6.08. The van der Waals surface area contributed by atoms with Crippen LogP contribution in [0.4, 0.5) is 0 Å². The fraction of sp³-hybridized carbons (Fsp3) is 1.00. The first-order valence-corrected chi connectivity index (χ1v) is 1.89. The molecule has 1 N–H and O–H groups in total. The van der Waals surface area contributed by atoms with Gasteiger partial charge in [-0.15, -0.1) is 0 Å². The number of hydrogen-bond acceptors (Lipinski definition) is 2. The summed E-state index contributed by atoms with van der Waals surface area (Å²) < 4.78 is 0. The molecule has 0 aromatic rings. The number of hydrogen-bond donors (Lipinski definition) is 1. The summed E-state index contributed by atoms with van der Waals surface area (Å²) in [4.78, 5) is 3.94. The second-order valence-electron chi connectivity index (χ2n) is 2.20. The average molecular weight is 202 g/mol. The van der Waals surface area contributed by atoms with Crippen molar-refractivity contribution in [3.8, 4) is 0 Å². The molecule has 0 bridgehead atoms. The van der Waals surface area contributed by atoms with Gasteiger partial charge in [0.05, 0.1) is 5.60 Å². The molecule has 0 saturated heterocycles. The summed E-state index contributed by atoms with van der Waals surface area (Å²) in [5, 5.41) is 7.90. The molecule has 0 spiro atoms. The average Bonchev–Trinajstić information content (AvgIpc) is 1.35. The fourth-order valence-corrected chi connectivity index (χ4v) is 0. The summed E-state index contributed by atoms with van der Waals surface area (Å²) in [6.07, 6.45) is 0. The van der Waals surface area contributed by atoms with Gasteiger partial charge in [-0.25, -0.2) is 4.89 Å². The first kappa shape index (κ1) is 16.0. The van der Waals surface area contributed by atoms with E-state index in [0.29, 0.717) is 0 Å². The quantitative estimate of drug-likeness (QED) is 0.364. The third-order valence-corrected chi connectivity index (χ3v) is 0.274. The maximum atomic E-state index is 7.90. The fourth-order valence-electron chi connectivity index (χ4n) is 0. The molecule has 0 fully saturated rings. The maximum Gasteiger partial charge on any atom is 0.0949 e. The molecule has 0 aliphatic rings. The molecule has 0 radical (unpaired) electrons. The summed E-state index contributed by atoms with van der Waals surface area (Å²) in [5.74, 6) is 0. The van der Waals surface area contributed by atoms with E-state index in [0.717, 1.165) is 0 Å². The van der Waals surface area contributed by atoms with Crippen LogP contribution in [0.15, 0.2) is 0 Å². The van der Waals surface area contributed by atoms with Gasteiger partial charge in [0, 0.05) is 34.1 Å². The molecule has 0 unspecified atom stereocenters. The van der Waals surface area contributed by atoms with E-state index in [-0.39, 0.29) is 34.1 Å². The molecule has 0 aliphatic carbocycles. The zero-order chi connectivity index (χ0) is 5.21. The molecular weight excluding hydrogens is 192 g/mol. The van der Waals surface area contributed by atoms with Crippen molar-refractivity contribution in [1.82, 2.24) is 0 Å². The molecule has 0 rings (SSSR count). The van der Waals surface area contributed by atoms with Crippen molar-refractivity contribution < 1.29 is 44.3 Å². The molecule has 0 aliphatic heterocycles. The predicted molar refractivity (Wildman–Crippen MR) is 23.5 cm³/mol. The second-order valence-corrected chi connectivity index (χ2v) is 2.20. The van der Waals surface area contributed by atoms with E-state index in [1.54, 1.807) is 20.8 Å². The Bertz CT molecular complexity index is 41.8.